The van der Waals surface area contributed by atoms with Gasteiger partial charge in [0, 0.05) is 32.5 Å². The van der Waals surface area contributed by atoms with Crippen LogP contribution in [0.4, 0.5) is 5.69 Å². The molecule has 1 aromatic carbocycles. The van der Waals surface area contributed by atoms with Gasteiger partial charge in [0.25, 0.3) is 5.91 Å². The summed E-state index contributed by atoms with van der Waals surface area (Å²) in [5.74, 6) is -0.250. The molecule has 0 saturated heterocycles. The second kappa shape index (κ2) is 6.94. The molecular formula is C19H22N4O2. The molecule has 2 aromatic heterocycles. The van der Waals surface area contributed by atoms with Crippen molar-refractivity contribution in [2.45, 2.75) is 13.0 Å². The van der Waals surface area contributed by atoms with Crippen LogP contribution in [0.2, 0.25) is 0 Å². The van der Waals surface area contributed by atoms with Crippen LogP contribution in [0.1, 0.15) is 27.8 Å². The molecule has 0 aliphatic rings. The maximum Gasteiger partial charge on any atom is 0.270 e. The lowest BCUT2D eigenvalue weighted by atomic mass is 10.1. The lowest BCUT2D eigenvalue weighted by Crippen LogP contribution is -2.29. The fraction of sp³-hybridized carbons (Fsp3) is 0.263. The minimum absolute atomic E-state index is 0.139. The number of aliphatic hydroxyl groups excluding tert-OH is 1. The number of carbonyl (C=O) groups excluding carboxylic acids is 1. The van der Waals surface area contributed by atoms with Gasteiger partial charge in [0.1, 0.15) is 11.3 Å². The third-order valence-electron chi connectivity index (χ3n) is 4.17. The van der Waals surface area contributed by atoms with Crippen LogP contribution in [0.5, 0.6) is 0 Å². The highest BCUT2D eigenvalue weighted by Gasteiger charge is 2.17. The minimum atomic E-state index is -0.764. The predicted octanol–water partition coefficient (Wildman–Crippen LogP) is 2.17. The van der Waals surface area contributed by atoms with Gasteiger partial charge in [-0.3, -0.25) is 9.20 Å². The lowest BCUT2D eigenvalue weighted by molar-refractivity contribution is 0.0910. The first-order valence-electron chi connectivity index (χ1n) is 8.14. The molecule has 1 atom stereocenters. The van der Waals surface area contributed by atoms with Gasteiger partial charge in [-0.05, 0) is 36.8 Å². The molecule has 25 heavy (non-hydrogen) atoms. The number of nitrogens with one attached hydrogen (secondary N) is 1. The van der Waals surface area contributed by atoms with Crippen LogP contribution < -0.4 is 10.2 Å². The van der Waals surface area contributed by atoms with Gasteiger partial charge in [-0.2, -0.15) is 0 Å². The Morgan fingerprint density at radius 1 is 1.24 bits per heavy atom. The Hall–Kier alpha value is -2.86. The molecule has 2 N–H and O–H groups in total. The Balaban J connectivity index is 1.70. The molecule has 6 nitrogen and oxygen atoms in total. The summed E-state index contributed by atoms with van der Waals surface area (Å²) < 4.78 is 1.75. The van der Waals surface area contributed by atoms with E-state index in [4.69, 9.17) is 0 Å². The normalized spacial score (nSPS) is 12.2. The van der Waals surface area contributed by atoms with Crippen LogP contribution in [-0.2, 0) is 0 Å². The van der Waals surface area contributed by atoms with Crippen LogP contribution >= 0.6 is 0 Å². The van der Waals surface area contributed by atoms with E-state index in [0.717, 1.165) is 16.9 Å². The van der Waals surface area contributed by atoms with Gasteiger partial charge in [0.2, 0.25) is 0 Å². The molecule has 3 rings (SSSR count). The van der Waals surface area contributed by atoms with Crippen molar-refractivity contribution in [1.29, 1.82) is 0 Å². The highest BCUT2D eigenvalue weighted by molar-refractivity contribution is 5.94. The average Bonchev–Trinajstić information content (AvgIpc) is 2.95. The van der Waals surface area contributed by atoms with Crippen LogP contribution in [0.15, 0.2) is 48.7 Å². The van der Waals surface area contributed by atoms with Crippen LogP contribution in [-0.4, -0.2) is 41.0 Å². The van der Waals surface area contributed by atoms with Crippen molar-refractivity contribution in [2.75, 3.05) is 25.5 Å². The maximum atomic E-state index is 12.5. The number of carbonyl (C=O) groups is 1. The van der Waals surface area contributed by atoms with E-state index in [9.17, 15) is 9.90 Å². The molecule has 0 spiro atoms. The number of fused-ring (bicyclic) bond motifs is 1. The Kier molecular flexibility index (Phi) is 4.72. The van der Waals surface area contributed by atoms with Crippen molar-refractivity contribution < 1.29 is 9.90 Å². The number of anilines is 1. The van der Waals surface area contributed by atoms with Gasteiger partial charge < -0.3 is 15.3 Å². The maximum absolute atomic E-state index is 12.5. The molecule has 6 heteroatoms. The molecule has 0 fully saturated rings. The molecule has 2 heterocycles. The third kappa shape index (κ3) is 3.49. The molecule has 1 amide bonds. The Labute approximate surface area is 146 Å². The molecule has 0 aliphatic heterocycles. The summed E-state index contributed by atoms with van der Waals surface area (Å²) in [5.41, 5.74) is 3.70. The molecule has 130 valence electrons. The average molecular weight is 338 g/mol. The summed E-state index contributed by atoms with van der Waals surface area (Å²) in [4.78, 5) is 18.9. The first-order valence-corrected chi connectivity index (χ1v) is 8.14. The van der Waals surface area contributed by atoms with E-state index in [0.29, 0.717) is 11.4 Å². The van der Waals surface area contributed by atoms with Gasteiger partial charge in [0.15, 0.2) is 0 Å². The van der Waals surface area contributed by atoms with Gasteiger partial charge in [-0.1, -0.05) is 18.2 Å². The summed E-state index contributed by atoms with van der Waals surface area (Å²) in [6, 6.07) is 13.2. The number of imidazole rings is 1. The highest BCUT2D eigenvalue weighted by Crippen LogP contribution is 2.18. The fourth-order valence-corrected chi connectivity index (χ4v) is 2.77. The van der Waals surface area contributed by atoms with Crippen molar-refractivity contribution in [3.05, 3.63) is 65.6 Å². The quantitative estimate of drug-likeness (QED) is 0.748. The van der Waals surface area contributed by atoms with Gasteiger partial charge in [-0.25, -0.2) is 4.98 Å². The first kappa shape index (κ1) is 17.0. The molecule has 0 aliphatic carbocycles. The predicted molar refractivity (Wildman–Crippen MR) is 98.0 cm³/mol. The van der Waals surface area contributed by atoms with Crippen molar-refractivity contribution in [1.82, 2.24) is 14.7 Å². The SMILES string of the molecule is Cc1nc2ccccn2c1C(=O)NCC(O)c1ccc(N(C)C)cc1. The van der Waals surface area contributed by atoms with Crippen LogP contribution in [0.25, 0.3) is 5.65 Å². The Bertz CT molecular complexity index is 884. The summed E-state index contributed by atoms with van der Waals surface area (Å²) >= 11 is 0. The zero-order chi connectivity index (χ0) is 18.0. The summed E-state index contributed by atoms with van der Waals surface area (Å²) in [7, 11) is 3.92. The van der Waals surface area contributed by atoms with Gasteiger partial charge in [0.05, 0.1) is 11.8 Å². The first-order chi connectivity index (χ1) is 12.0. The van der Waals surface area contributed by atoms with E-state index >= 15 is 0 Å². The highest BCUT2D eigenvalue weighted by atomic mass is 16.3. The summed E-state index contributed by atoms with van der Waals surface area (Å²) in [6.45, 7) is 1.94. The van der Waals surface area contributed by atoms with E-state index in [2.05, 4.69) is 10.3 Å². The lowest BCUT2D eigenvalue weighted by Gasteiger charge is -2.16. The van der Waals surface area contributed by atoms with Crippen LogP contribution in [0.3, 0.4) is 0 Å². The summed E-state index contributed by atoms with van der Waals surface area (Å²) in [5, 5.41) is 13.1. The zero-order valence-electron chi connectivity index (χ0n) is 14.6. The third-order valence-corrected chi connectivity index (χ3v) is 4.17. The van der Waals surface area contributed by atoms with E-state index in [1.165, 1.54) is 0 Å². The van der Waals surface area contributed by atoms with Crippen molar-refractivity contribution in [2.24, 2.45) is 0 Å². The number of hydrogen-bond acceptors (Lipinski definition) is 4. The van der Waals surface area contributed by atoms with E-state index in [1.54, 1.807) is 17.5 Å². The van der Waals surface area contributed by atoms with Crippen molar-refractivity contribution in [3.8, 4) is 0 Å². The number of aromatic nitrogens is 2. The standard InChI is InChI=1S/C19H22N4O2/c1-13-18(23-11-5-4-6-17(23)21-13)19(25)20-12-16(24)14-7-9-15(10-8-14)22(2)3/h4-11,16,24H,12H2,1-3H3,(H,20,25). The smallest absolute Gasteiger partial charge is 0.270 e. The molecular weight excluding hydrogens is 316 g/mol. The molecule has 0 radical (unpaired) electrons. The Morgan fingerprint density at radius 2 is 1.96 bits per heavy atom. The molecule has 3 aromatic rings. The van der Waals surface area contributed by atoms with Gasteiger partial charge >= 0.3 is 0 Å². The molecule has 0 bridgehead atoms. The van der Waals surface area contributed by atoms with Crippen molar-refractivity contribution >= 4 is 17.2 Å². The van der Waals surface area contributed by atoms with Crippen LogP contribution in [0, 0.1) is 6.92 Å². The largest absolute Gasteiger partial charge is 0.387 e. The fourth-order valence-electron chi connectivity index (χ4n) is 2.77. The number of pyridine rings is 1. The number of amides is 1. The van der Waals surface area contributed by atoms with E-state index < -0.39 is 6.10 Å². The summed E-state index contributed by atoms with van der Waals surface area (Å²) in [6.07, 6.45) is 1.04. The second-order valence-corrected chi connectivity index (χ2v) is 6.19. The topological polar surface area (TPSA) is 69.9 Å². The van der Waals surface area contributed by atoms with Crippen molar-refractivity contribution in [3.63, 3.8) is 0 Å². The second-order valence-electron chi connectivity index (χ2n) is 6.19. The number of hydrogen-bond donors (Lipinski definition) is 2. The number of aryl methyl sites for hydroxylation is 1. The number of rotatable bonds is 5. The van der Waals surface area contributed by atoms with E-state index in [1.807, 2.05) is 61.5 Å². The minimum Gasteiger partial charge on any atom is -0.387 e. The Morgan fingerprint density at radius 3 is 2.64 bits per heavy atom. The molecule has 0 saturated carbocycles. The number of nitrogens with zero attached hydrogens (tertiary/aromatic N) is 3. The van der Waals surface area contributed by atoms with E-state index in [-0.39, 0.29) is 12.5 Å². The monoisotopic (exact) mass is 338 g/mol. The zero-order valence-corrected chi connectivity index (χ0v) is 14.6. The molecule has 1 unspecified atom stereocenters. The van der Waals surface area contributed by atoms with Gasteiger partial charge in [-0.15, -0.1) is 0 Å². The number of benzene rings is 1. The number of aliphatic hydroxyl groups is 1.